The molecule has 0 saturated carbocycles. The molecular formula is C28H24FN3O4. The molecule has 0 aliphatic carbocycles. The van der Waals surface area contributed by atoms with Crippen LogP contribution in [0.3, 0.4) is 0 Å². The molecule has 8 heteroatoms. The molecule has 3 heterocycles. The van der Waals surface area contributed by atoms with E-state index in [1.165, 1.54) is 4.90 Å². The quantitative estimate of drug-likeness (QED) is 0.384. The van der Waals surface area contributed by atoms with Gasteiger partial charge in [0, 0.05) is 49.5 Å². The Balaban J connectivity index is 1.46. The molecule has 2 aromatic carbocycles. The number of pyridine rings is 1. The molecule has 1 aliphatic heterocycles. The Hall–Kier alpha value is -4.22. The molecule has 182 valence electrons. The van der Waals surface area contributed by atoms with Crippen molar-refractivity contribution in [1.29, 1.82) is 5.26 Å². The second kappa shape index (κ2) is 9.80. The van der Waals surface area contributed by atoms with Gasteiger partial charge in [0.25, 0.3) is 5.91 Å². The van der Waals surface area contributed by atoms with Crippen molar-refractivity contribution in [2.45, 2.75) is 18.7 Å². The lowest BCUT2D eigenvalue weighted by Crippen LogP contribution is -2.37. The van der Waals surface area contributed by atoms with Gasteiger partial charge in [-0.2, -0.15) is 5.26 Å². The van der Waals surface area contributed by atoms with Crippen molar-refractivity contribution in [3.05, 3.63) is 71.9 Å². The molecule has 1 saturated heterocycles. The summed E-state index contributed by atoms with van der Waals surface area (Å²) in [5.74, 6) is 0.881. The molecule has 0 N–H and O–H groups in total. The number of amides is 1. The Morgan fingerprint density at radius 1 is 1.14 bits per heavy atom. The highest BCUT2D eigenvalue weighted by Gasteiger charge is 2.28. The third kappa shape index (κ3) is 4.53. The number of rotatable bonds is 5. The van der Waals surface area contributed by atoms with Crippen molar-refractivity contribution in [3.8, 4) is 34.3 Å². The zero-order chi connectivity index (χ0) is 25.2. The van der Waals surface area contributed by atoms with E-state index in [4.69, 9.17) is 13.9 Å². The van der Waals surface area contributed by atoms with Crippen LogP contribution in [0.1, 0.15) is 22.3 Å². The van der Waals surface area contributed by atoms with Crippen LogP contribution in [0.25, 0.3) is 33.6 Å². The van der Waals surface area contributed by atoms with Gasteiger partial charge in [0.2, 0.25) is 0 Å². The molecule has 1 amide bonds. The van der Waals surface area contributed by atoms with Gasteiger partial charge in [-0.05, 0) is 35.9 Å². The van der Waals surface area contributed by atoms with Crippen LogP contribution in [0.4, 0.5) is 4.39 Å². The first-order valence-corrected chi connectivity index (χ1v) is 11.6. The molecule has 0 bridgehead atoms. The van der Waals surface area contributed by atoms with Crippen molar-refractivity contribution in [1.82, 2.24) is 9.88 Å². The molecule has 0 spiro atoms. The smallest absolute Gasteiger partial charge is 0.253 e. The molecule has 5 rings (SSSR count). The Kier molecular flexibility index (Phi) is 6.40. The summed E-state index contributed by atoms with van der Waals surface area (Å²) in [7, 11) is 3.42. The van der Waals surface area contributed by atoms with Crippen LogP contribution in [0.2, 0.25) is 0 Å². The predicted molar refractivity (Wildman–Crippen MR) is 132 cm³/mol. The summed E-state index contributed by atoms with van der Waals surface area (Å²) < 4.78 is 31.3. The number of benzene rings is 2. The highest BCUT2D eigenvalue weighted by atomic mass is 19.1. The molecule has 36 heavy (non-hydrogen) atoms. The van der Waals surface area contributed by atoms with Crippen molar-refractivity contribution < 1.29 is 23.1 Å². The van der Waals surface area contributed by atoms with E-state index in [-0.39, 0.29) is 12.5 Å². The third-order valence-electron chi connectivity index (χ3n) is 6.15. The van der Waals surface area contributed by atoms with Gasteiger partial charge >= 0.3 is 0 Å². The summed E-state index contributed by atoms with van der Waals surface area (Å²) in [6.45, 7) is 0.421. The van der Waals surface area contributed by atoms with Crippen molar-refractivity contribution in [3.63, 3.8) is 0 Å². The highest BCUT2D eigenvalue weighted by Crippen LogP contribution is 2.35. The first kappa shape index (κ1) is 23.5. The topological polar surface area (TPSA) is 88.6 Å². The number of ether oxygens (including phenoxy) is 2. The number of carbonyl (C=O) groups is 1. The van der Waals surface area contributed by atoms with E-state index in [0.29, 0.717) is 46.8 Å². The van der Waals surface area contributed by atoms with Crippen molar-refractivity contribution in [2.75, 3.05) is 27.3 Å². The maximum absolute atomic E-state index is 14.2. The van der Waals surface area contributed by atoms with Crippen LogP contribution in [0.5, 0.6) is 5.75 Å². The van der Waals surface area contributed by atoms with E-state index in [0.717, 1.165) is 16.7 Å². The van der Waals surface area contributed by atoms with Crippen LogP contribution in [-0.2, 0) is 4.74 Å². The Morgan fingerprint density at radius 2 is 1.92 bits per heavy atom. The molecule has 2 unspecified atom stereocenters. The first-order chi connectivity index (χ1) is 17.4. The molecular weight excluding hydrogens is 461 g/mol. The Labute approximate surface area is 207 Å². The normalized spacial score (nSPS) is 17.5. The number of fused-ring (bicyclic) bond motifs is 1. The minimum atomic E-state index is -1.23. The summed E-state index contributed by atoms with van der Waals surface area (Å²) in [6, 6.07) is 18.2. The number of hydrogen-bond acceptors (Lipinski definition) is 6. The van der Waals surface area contributed by atoms with E-state index < -0.39 is 12.3 Å². The summed E-state index contributed by atoms with van der Waals surface area (Å²) >= 11 is 0. The van der Waals surface area contributed by atoms with Gasteiger partial charge in [0.1, 0.15) is 29.2 Å². The Bertz CT molecular complexity index is 1460. The standard InChI is InChI=1S/C28H24FN3O4/c1-32(2)28(33)18-5-3-17(4-6-18)26-14-23-27(36-26)21(9-11-31-23)19-7-8-24(20(13-19)15-30)35-25-10-12-34-16-22(25)29/h3-9,11,13-14,22,25H,10,12,16H2,1-2H3. The van der Waals surface area contributed by atoms with Crippen LogP contribution in [0, 0.1) is 11.3 Å². The fraction of sp³-hybridized carbons (Fsp3) is 0.250. The fourth-order valence-corrected chi connectivity index (χ4v) is 4.21. The SMILES string of the molecule is CN(C)C(=O)c1ccc(-c2cc3nccc(-c4ccc(OC5CCOCC5F)c(C#N)c4)c3o2)cc1. The van der Waals surface area contributed by atoms with Gasteiger partial charge in [-0.15, -0.1) is 0 Å². The second-order valence-corrected chi connectivity index (χ2v) is 8.82. The average Bonchev–Trinajstić information content (AvgIpc) is 3.34. The lowest BCUT2D eigenvalue weighted by molar-refractivity contribution is -0.0383. The van der Waals surface area contributed by atoms with Gasteiger partial charge in [-0.3, -0.25) is 9.78 Å². The van der Waals surface area contributed by atoms with Crippen LogP contribution >= 0.6 is 0 Å². The molecule has 7 nitrogen and oxygen atoms in total. The van der Waals surface area contributed by atoms with E-state index in [2.05, 4.69) is 11.1 Å². The van der Waals surface area contributed by atoms with Gasteiger partial charge in [-0.1, -0.05) is 18.2 Å². The molecule has 4 aromatic rings. The number of halogens is 1. The van der Waals surface area contributed by atoms with Gasteiger partial charge in [0.15, 0.2) is 11.8 Å². The number of carbonyl (C=O) groups excluding carboxylic acids is 1. The molecule has 1 fully saturated rings. The second-order valence-electron chi connectivity index (χ2n) is 8.82. The van der Waals surface area contributed by atoms with E-state index in [1.807, 2.05) is 30.3 Å². The lowest BCUT2D eigenvalue weighted by atomic mass is 10.0. The summed E-state index contributed by atoms with van der Waals surface area (Å²) in [4.78, 5) is 18.1. The number of alkyl halides is 1. The van der Waals surface area contributed by atoms with Gasteiger partial charge in [-0.25, -0.2) is 4.39 Å². The number of hydrogen-bond donors (Lipinski definition) is 0. The first-order valence-electron chi connectivity index (χ1n) is 11.6. The van der Waals surface area contributed by atoms with Crippen LogP contribution in [0.15, 0.2) is 65.2 Å². The largest absolute Gasteiger partial charge is 0.486 e. The molecule has 2 atom stereocenters. The monoisotopic (exact) mass is 485 g/mol. The average molecular weight is 486 g/mol. The third-order valence-corrected chi connectivity index (χ3v) is 6.15. The van der Waals surface area contributed by atoms with E-state index in [9.17, 15) is 14.4 Å². The van der Waals surface area contributed by atoms with Crippen LogP contribution < -0.4 is 4.74 Å². The minimum Gasteiger partial charge on any atom is -0.486 e. The lowest BCUT2D eigenvalue weighted by Gasteiger charge is -2.27. The summed E-state index contributed by atoms with van der Waals surface area (Å²) in [5, 5.41) is 9.74. The van der Waals surface area contributed by atoms with Gasteiger partial charge in [0.05, 0.1) is 18.8 Å². The molecule has 2 aromatic heterocycles. The number of furan rings is 1. The maximum Gasteiger partial charge on any atom is 0.253 e. The number of aromatic nitrogens is 1. The highest BCUT2D eigenvalue weighted by molar-refractivity contribution is 5.95. The van der Waals surface area contributed by atoms with Crippen LogP contribution in [-0.4, -0.2) is 55.4 Å². The summed E-state index contributed by atoms with van der Waals surface area (Å²) in [6.07, 6.45) is 0.234. The Morgan fingerprint density at radius 3 is 2.64 bits per heavy atom. The van der Waals surface area contributed by atoms with Gasteiger partial charge < -0.3 is 18.8 Å². The van der Waals surface area contributed by atoms with E-state index >= 15 is 0 Å². The zero-order valence-corrected chi connectivity index (χ0v) is 19.9. The maximum atomic E-state index is 14.2. The van der Waals surface area contributed by atoms with Crippen molar-refractivity contribution in [2.24, 2.45) is 0 Å². The molecule has 0 radical (unpaired) electrons. The fourth-order valence-electron chi connectivity index (χ4n) is 4.21. The predicted octanol–water partition coefficient (Wildman–Crippen LogP) is 5.24. The van der Waals surface area contributed by atoms with Crippen molar-refractivity contribution >= 4 is 17.0 Å². The van der Waals surface area contributed by atoms with E-state index in [1.54, 1.807) is 44.6 Å². The minimum absolute atomic E-state index is 0.00481. The molecule has 1 aliphatic rings. The number of nitriles is 1. The zero-order valence-electron chi connectivity index (χ0n) is 19.9. The number of nitrogens with zero attached hydrogens (tertiary/aromatic N) is 3. The summed E-state index contributed by atoms with van der Waals surface area (Å²) in [5.41, 5.74) is 4.47.